The maximum absolute atomic E-state index is 5.43. The Hall–Kier alpha value is -0.280. The van der Waals surface area contributed by atoms with Gasteiger partial charge in [0.15, 0.2) is 6.20 Å². The Morgan fingerprint density at radius 3 is 2.70 bits per heavy atom. The van der Waals surface area contributed by atoms with Crippen LogP contribution in [0.2, 0.25) is 0 Å². The monoisotopic (exact) mass is 222 g/mol. The van der Waals surface area contributed by atoms with Gasteiger partial charge in [0.1, 0.15) is 0 Å². The van der Waals surface area contributed by atoms with Crippen LogP contribution in [0, 0.1) is 0 Å². The molecule has 0 aliphatic carbocycles. The lowest BCUT2D eigenvalue weighted by Gasteiger charge is -1.88. The average Bonchev–Trinajstić information content (AvgIpc) is 1.88. The summed E-state index contributed by atoms with van der Waals surface area (Å²) in [6.07, 6.45) is 3.67. The van der Waals surface area contributed by atoms with Crippen LogP contribution in [-0.4, -0.2) is 0 Å². The van der Waals surface area contributed by atoms with Gasteiger partial charge in [0, 0.05) is 17.0 Å². The maximum Gasteiger partial charge on any atom is 0.203 e. The first-order valence-corrected chi connectivity index (χ1v) is 3.76. The number of pyridine rings is 1. The topological polar surface area (TPSA) is 29.9 Å². The number of nitrogens with two attached hydrogens (primary N) is 1. The number of nitrogen functional groups attached to an aromatic ring is 1. The van der Waals surface area contributed by atoms with E-state index in [-0.39, 0.29) is 12.4 Å². The van der Waals surface area contributed by atoms with E-state index >= 15 is 0 Å². The predicted octanol–water partition coefficient (Wildman–Crippen LogP) is -2.41. The third-order valence-corrected chi connectivity index (χ3v) is 1.69. The number of rotatable bonds is 1. The van der Waals surface area contributed by atoms with Crippen molar-refractivity contribution < 1.29 is 17.1 Å². The first-order valence-electron chi connectivity index (χ1n) is 2.64. The highest BCUT2D eigenvalue weighted by Crippen LogP contribution is 1.99. The van der Waals surface area contributed by atoms with E-state index in [4.69, 9.17) is 5.84 Å². The zero-order valence-corrected chi connectivity index (χ0v) is 7.64. The van der Waals surface area contributed by atoms with E-state index in [0.29, 0.717) is 0 Å². The van der Waals surface area contributed by atoms with E-state index < -0.39 is 0 Å². The maximum atomic E-state index is 5.43. The van der Waals surface area contributed by atoms with Crippen molar-refractivity contribution in [2.75, 3.05) is 5.84 Å². The molecule has 0 aromatic carbocycles. The molecule has 0 radical (unpaired) electrons. The fraction of sp³-hybridized carbons (Fsp3) is 0.167. The van der Waals surface area contributed by atoms with Gasteiger partial charge in [-0.1, -0.05) is 20.6 Å². The third kappa shape index (κ3) is 2.54. The van der Waals surface area contributed by atoms with Gasteiger partial charge in [-0.25, -0.2) is 5.84 Å². The van der Waals surface area contributed by atoms with Gasteiger partial charge in [0.25, 0.3) is 0 Å². The molecule has 1 aromatic rings. The molecule has 0 unspecified atom stereocenters. The number of halogens is 2. The summed E-state index contributed by atoms with van der Waals surface area (Å²) in [4.78, 5) is 0. The van der Waals surface area contributed by atoms with Crippen molar-refractivity contribution in [3.8, 4) is 0 Å². The second-order valence-electron chi connectivity index (χ2n) is 1.79. The number of alkyl halides is 1. The van der Waals surface area contributed by atoms with Gasteiger partial charge in [0.2, 0.25) is 6.20 Å². The molecule has 0 saturated carbocycles. The third-order valence-electron chi connectivity index (χ3n) is 1.04. The van der Waals surface area contributed by atoms with Crippen molar-refractivity contribution in [2.45, 2.75) is 5.33 Å². The molecule has 0 spiro atoms. The van der Waals surface area contributed by atoms with Gasteiger partial charge in [0.05, 0.1) is 0 Å². The van der Waals surface area contributed by atoms with Crippen molar-refractivity contribution in [3.63, 3.8) is 0 Å². The van der Waals surface area contributed by atoms with Crippen LogP contribution < -0.4 is 22.9 Å². The SMILES string of the molecule is N[n+]1cccc(CBr)c1.[Cl-]. The second-order valence-corrected chi connectivity index (χ2v) is 2.35. The lowest BCUT2D eigenvalue weighted by atomic mass is 10.3. The molecule has 10 heavy (non-hydrogen) atoms. The molecule has 1 aromatic heterocycles. The summed E-state index contributed by atoms with van der Waals surface area (Å²) in [5, 5.41) is 0.852. The van der Waals surface area contributed by atoms with Crippen molar-refractivity contribution in [2.24, 2.45) is 0 Å². The van der Waals surface area contributed by atoms with Crippen molar-refractivity contribution in [3.05, 3.63) is 30.1 Å². The molecule has 0 saturated heterocycles. The summed E-state index contributed by atoms with van der Waals surface area (Å²) < 4.78 is 1.54. The molecule has 0 aliphatic heterocycles. The summed E-state index contributed by atoms with van der Waals surface area (Å²) in [6, 6.07) is 3.93. The lowest BCUT2D eigenvalue weighted by Crippen LogP contribution is -3.00. The van der Waals surface area contributed by atoms with Gasteiger partial charge >= 0.3 is 0 Å². The first-order chi connectivity index (χ1) is 4.33. The largest absolute Gasteiger partial charge is 1.00 e. The van der Waals surface area contributed by atoms with Gasteiger partial charge in [-0.05, 0) is 6.07 Å². The Labute approximate surface area is 74.6 Å². The number of hydrogen-bond acceptors (Lipinski definition) is 1. The van der Waals surface area contributed by atoms with Crippen LogP contribution in [0.3, 0.4) is 0 Å². The lowest BCUT2D eigenvalue weighted by molar-refractivity contribution is -0.639. The van der Waals surface area contributed by atoms with Gasteiger partial charge < -0.3 is 12.4 Å². The van der Waals surface area contributed by atoms with Crippen LogP contribution in [0.15, 0.2) is 24.5 Å². The summed E-state index contributed by atoms with van der Waals surface area (Å²) in [7, 11) is 0. The van der Waals surface area contributed by atoms with Crippen LogP contribution in [0.5, 0.6) is 0 Å². The summed E-state index contributed by atoms with van der Waals surface area (Å²) in [5.74, 6) is 5.43. The highest BCUT2D eigenvalue weighted by molar-refractivity contribution is 9.08. The number of hydrogen-bond donors (Lipinski definition) is 1. The van der Waals surface area contributed by atoms with Crippen molar-refractivity contribution in [1.82, 2.24) is 0 Å². The van der Waals surface area contributed by atoms with E-state index in [1.54, 1.807) is 6.20 Å². The second kappa shape index (κ2) is 4.52. The summed E-state index contributed by atoms with van der Waals surface area (Å²) in [5.41, 5.74) is 1.18. The Balaban J connectivity index is 0.000000810. The van der Waals surface area contributed by atoms with E-state index in [1.807, 2.05) is 18.3 Å². The van der Waals surface area contributed by atoms with E-state index in [0.717, 1.165) is 5.33 Å². The molecule has 0 aliphatic rings. The molecule has 2 nitrogen and oxygen atoms in total. The Kier molecular flexibility index (Phi) is 4.40. The summed E-state index contributed by atoms with van der Waals surface area (Å²) >= 11 is 3.32. The van der Waals surface area contributed by atoms with Crippen molar-refractivity contribution >= 4 is 15.9 Å². The van der Waals surface area contributed by atoms with Gasteiger partial charge in [-0.15, -0.1) is 0 Å². The van der Waals surface area contributed by atoms with Crippen LogP contribution in [0.4, 0.5) is 0 Å². The highest BCUT2D eigenvalue weighted by Gasteiger charge is 1.94. The van der Waals surface area contributed by atoms with E-state index in [1.165, 1.54) is 10.2 Å². The molecular weight excluding hydrogens is 215 g/mol. The molecule has 1 rings (SSSR count). The Bertz CT molecular complexity index is 205. The van der Waals surface area contributed by atoms with Crippen LogP contribution in [0.25, 0.3) is 0 Å². The van der Waals surface area contributed by atoms with Crippen LogP contribution >= 0.6 is 15.9 Å². The number of nitrogens with zero attached hydrogens (tertiary/aromatic N) is 1. The molecule has 2 N–H and O–H groups in total. The average molecular weight is 224 g/mol. The molecule has 0 bridgehead atoms. The molecular formula is C6H8BrClN2. The molecule has 0 amide bonds. The van der Waals surface area contributed by atoms with Gasteiger partial charge in [-0.2, -0.15) is 0 Å². The standard InChI is InChI=1S/C6H8BrN2.ClH/c7-4-6-2-1-3-9(8)5-6;/h1-3,5H,4,8H2;1H/q+1;/p-1. The molecule has 56 valence electrons. The predicted molar refractivity (Wildman–Crippen MR) is 39.4 cm³/mol. The van der Waals surface area contributed by atoms with Crippen LogP contribution in [-0.2, 0) is 5.33 Å². The zero-order chi connectivity index (χ0) is 6.69. The highest BCUT2D eigenvalue weighted by atomic mass is 79.9. The minimum Gasteiger partial charge on any atom is -1.00 e. The van der Waals surface area contributed by atoms with Crippen molar-refractivity contribution in [1.29, 1.82) is 0 Å². The van der Waals surface area contributed by atoms with E-state index in [9.17, 15) is 0 Å². The number of aromatic nitrogens is 1. The molecule has 0 fully saturated rings. The fourth-order valence-electron chi connectivity index (χ4n) is 0.623. The Morgan fingerprint density at radius 1 is 1.60 bits per heavy atom. The molecule has 1 heterocycles. The molecule has 4 heteroatoms. The normalized spacial score (nSPS) is 8.50. The minimum absolute atomic E-state index is 0. The Morgan fingerprint density at radius 2 is 2.30 bits per heavy atom. The smallest absolute Gasteiger partial charge is 0.203 e. The van der Waals surface area contributed by atoms with Gasteiger partial charge in [-0.3, -0.25) is 0 Å². The van der Waals surface area contributed by atoms with Crippen LogP contribution in [0.1, 0.15) is 5.56 Å². The quantitative estimate of drug-likeness (QED) is 0.321. The fourth-order valence-corrected chi connectivity index (χ4v) is 0.954. The zero-order valence-electron chi connectivity index (χ0n) is 5.30. The first kappa shape index (κ1) is 9.72. The molecule has 0 atom stereocenters. The minimum atomic E-state index is 0. The van der Waals surface area contributed by atoms with E-state index in [2.05, 4.69) is 15.9 Å². The summed E-state index contributed by atoms with van der Waals surface area (Å²) in [6.45, 7) is 0.